The van der Waals surface area contributed by atoms with Crippen LogP contribution in [0, 0.1) is 0 Å². The number of unbranched alkanes of at least 4 members (excludes halogenated alkanes) is 16. The van der Waals surface area contributed by atoms with E-state index in [0.717, 1.165) is 67.2 Å². The number of hydrogen-bond acceptors (Lipinski definition) is 13. The lowest BCUT2D eigenvalue weighted by molar-refractivity contribution is -0.159. The van der Waals surface area contributed by atoms with Crippen molar-refractivity contribution in [1.82, 2.24) is 21.3 Å². The number of esters is 1. The summed E-state index contributed by atoms with van der Waals surface area (Å²) >= 11 is 0. The minimum atomic E-state index is -3.15. The Morgan fingerprint density at radius 2 is 1.02 bits per heavy atom. The number of carboxylic acids is 1. The molecule has 1 aliphatic carbocycles. The zero-order valence-electron chi connectivity index (χ0n) is 51.3. The van der Waals surface area contributed by atoms with Gasteiger partial charge in [0.05, 0.1) is 37.2 Å². The molecule has 0 saturated heterocycles. The zero-order chi connectivity index (χ0) is 60.4. The topological polar surface area (TPSA) is 243 Å². The van der Waals surface area contributed by atoms with Gasteiger partial charge < -0.3 is 54.4 Å². The highest BCUT2D eigenvalue weighted by molar-refractivity contribution is 7.53. The fraction of sp³-hybridized carbons (Fsp3) is 0.714. The number of benzene rings is 2. The highest BCUT2D eigenvalue weighted by atomic mass is 31.2. The summed E-state index contributed by atoms with van der Waals surface area (Å²) in [5, 5.41) is 20.5. The van der Waals surface area contributed by atoms with Crippen molar-refractivity contribution >= 4 is 43.3 Å². The lowest BCUT2D eigenvalue weighted by Crippen LogP contribution is -2.44. The minimum Gasteiger partial charge on any atom is -0.480 e. The highest BCUT2D eigenvalue weighted by Gasteiger charge is 2.35. The van der Waals surface area contributed by atoms with Crippen molar-refractivity contribution in [3.05, 3.63) is 59.7 Å². The Kier molecular flexibility index (Phi) is 33.2. The van der Waals surface area contributed by atoms with Gasteiger partial charge in [-0.25, -0.2) is 14.4 Å². The normalized spacial score (nSPS) is 13.4. The number of alkyl carbamates (subject to hydrolysis) is 1. The number of carboxylic acid groups (broad SMARTS) is 1. The molecule has 0 radical (unpaired) electrons. The second-order valence-electron chi connectivity index (χ2n) is 24.6. The Bertz CT molecular complexity index is 2210. The van der Waals surface area contributed by atoms with E-state index >= 15 is 0 Å². The third-order valence-corrected chi connectivity index (χ3v) is 16.0. The van der Waals surface area contributed by atoms with Gasteiger partial charge in [0.2, 0.25) is 17.7 Å². The van der Waals surface area contributed by atoms with Crippen LogP contribution in [0.4, 0.5) is 4.79 Å². The SMILES string of the molecule is CC(C)(C)OC(=O)C(CCC(=O)NCCOCCOCC(=O)NCCCC[C@H](NC(=O)OCC1c2ccccc2-c2ccccc21)C(=O)O)NC(=O)CCCCCCCCCCCCCCCCCCP(=O)(OC(C)(C)C)OC(C)(C)C. The largest absolute Gasteiger partial charge is 0.480 e. The van der Waals surface area contributed by atoms with Crippen LogP contribution in [0.3, 0.4) is 0 Å². The molecule has 0 saturated carbocycles. The molecule has 0 spiro atoms. The second kappa shape index (κ2) is 38.2. The summed E-state index contributed by atoms with van der Waals surface area (Å²) in [6.07, 6.45) is 19.1. The number of carbonyl (C=O) groups excluding carboxylic acids is 5. The molecule has 1 unspecified atom stereocenters. The van der Waals surface area contributed by atoms with E-state index in [0.29, 0.717) is 32.0 Å². The van der Waals surface area contributed by atoms with Crippen molar-refractivity contribution in [3.63, 3.8) is 0 Å². The van der Waals surface area contributed by atoms with Crippen LogP contribution in [-0.4, -0.2) is 122 Å². The fourth-order valence-corrected chi connectivity index (χ4v) is 12.2. The predicted octanol–water partition coefficient (Wildman–Crippen LogP) is 12.5. The van der Waals surface area contributed by atoms with Crippen LogP contribution >= 0.6 is 7.60 Å². The Hall–Kier alpha value is -4.87. The van der Waals surface area contributed by atoms with E-state index in [1.54, 1.807) is 20.8 Å². The van der Waals surface area contributed by atoms with Gasteiger partial charge in [0.1, 0.15) is 30.9 Å². The van der Waals surface area contributed by atoms with E-state index in [4.69, 9.17) is 28.0 Å². The number of nitrogens with one attached hydrogen (secondary N) is 4. The molecule has 82 heavy (non-hydrogen) atoms. The van der Waals surface area contributed by atoms with Gasteiger partial charge in [0, 0.05) is 31.8 Å². The molecule has 2 aromatic carbocycles. The molecule has 0 heterocycles. The van der Waals surface area contributed by atoms with E-state index < -0.39 is 54.5 Å². The lowest BCUT2D eigenvalue weighted by Gasteiger charge is -2.32. The molecule has 4 amide bonds. The van der Waals surface area contributed by atoms with Crippen LogP contribution in [0.1, 0.15) is 221 Å². The average Bonchev–Trinajstić information content (AvgIpc) is 3.98. The van der Waals surface area contributed by atoms with E-state index in [2.05, 4.69) is 21.3 Å². The summed E-state index contributed by atoms with van der Waals surface area (Å²) < 4.78 is 47.1. The van der Waals surface area contributed by atoms with E-state index in [-0.39, 0.29) is 82.5 Å². The fourth-order valence-electron chi connectivity index (χ4n) is 9.70. The van der Waals surface area contributed by atoms with Crippen LogP contribution in [0.15, 0.2) is 48.5 Å². The van der Waals surface area contributed by atoms with Gasteiger partial charge in [-0.15, -0.1) is 0 Å². The summed E-state index contributed by atoms with van der Waals surface area (Å²) in [5.74, 6) is -2.78. The number of hydrogen-bond donors (Lipinski definition) is 5. The summed E-state index contributed by atoms with van der Waals surface area (Å²) in [7, 11) is -3.15. The van der Waals surface area contributed by atoms with Gasteiger partial charge in [0.15, 0.2) is 0 Å². The van der Waals surface area contributed by atoms with Gasteiger partial charge >= 0.3 is 25.6 Å². The lowest BCUT2D eigenvalue weighted by atomic mass is 9.98. The summed E-state index contributed by atoms with van der Waals surface area (Å²) in [6.45, 7) is 17.7. The quantitative estimate of drug-likeness (QED) is 0.0236. The molecule has 3 rings (SSSR count). The third-order valence-electron chi connectivity index (χ3n) is 13.4. The summed E-state index contributed by atoms with van der Waals surface area (Å²) in [5.41, 5.74) is 2.51. The standard InChI is InChI=1S/C63H103N4O14P/c1-61(2,3)79-59(73)54(66-56(69)37-24-22-20-18-16-14-12-10-11-13-15-17-19-21-23-31-45-82(75,80-62(4,5)6)81-63(7,8)9)38-39-55(68)65-41-42-76-43-44-77-47-57(70)64-40-30-29-36-53(58(71)72)67-60(74)78-46-52-50-34-27-25-32-48(50)49-33-26-28-35-51(49)52/h25-28,32-35,52-54H,10-24,29-31,36-47H2,1-9H3,(H,64,70)(H,65,68)(H,66,69)(H,67,74)(H,71,72)/t53-,54?/m0/s1. The second-order valence-corrected chi connectivity index (χ2v) is 26.6. The molecule has 0 aliphatic heterocycles. The molecule has 0 fully saturated rings. The molecule has 1 aliphatic rings. The molecular formula is C63H103N4O14P. The average molecular weight is 1170 g/mol. The van der Waals surface area contributed by atoms with E-state index in [9.17, 15) is 38.4 Å². The third kappa shape index (κ3) is 32.3. The minimum absolute atomic E-state index is 0.00275. The predicted molar refractivity (Wildman–Crippen MR) is 321 cm³/mol. The number of rotatable bonds is 43. The van der Waals surface area contributed by atoms with Crippen LogP contribution < -0.4 is 21.3 Å². The maximum Gasteiger partial charge on any atom is 0.407 e. The Balaban J connectivity index is 1.15. The number of carbonyl (C=O) groups is 6. The van der Waals surface area contributed by atoms with Gasteiger partial charge in [-0.05, 0) is 123 Å². The molecule has 5 N–H and O–H groups in total. The molecule has 19 heteroatoms. The highest BCUT2D eigenvalue weighted by Crippen LogP contribution is 2.55. The van der Waals surface area contributed by atoms with Crippen molar-refractivity contribution in [3.8, 4) is 11.1 Å². The number of amides is 4. The van der Waals surface area contributed by atoms with Gasteiger partial charge in [-0.2, -0.15) is 0 Å². The first kappa shape index (κ1) is 71.4. The molecule has 0 aromatic heterocycles. The summed E-state index contributed by atoms with van der Waals surface area (Å²) in [6, 6.07) is 13.8. The Morgan fingerprint density at radius 3 is 1.55 bits per heavy atom. The molecule has 18 nitrogen and oxygen atoms in total. The molecule has 2 atom stereocenters. The first-order valence-corrected chi connectivity index (χ1v) is 32.1. The number of ether oxygens (including phenoxy) is 4. The maximum atomic E-state index is 13.4. The van der Waals surface area contributed by atoms with E-state index in [1.807, 2.05) is 90.1 Å². The molecular weight excluding hydrogens is 1070 g/mol. The van der Waals surface area contributed by atoms with Crippen LogP contribution in [0.5, 0.6) is 0 Å². The van der Waals surface area contributed by atoms with Crippen molar-refractivity contribution < 1.29 is 66.4 Å². The first-order chi connectivity index (χ1) is 38.8. The van der Waals surface area contributed by atoms with Gasteiger partial charge in [0.25, 0.3) is 0 Å². The Morgan fingerprint density at radius 1 is 0.524 bits per heavy atom. The van der Waals surface area contributed by atoms with Gasteiger partial charge in [-0.3, -0.25) is 18.9 Å². The van der Waals surface area contributed by atoms with Crippen molar-refractivity contribution in [2.24, 2.45) is 0 Å². The van der Waals surface area contributed by atoms with Crippen molar-refractivity contribution in [2.75, 3.05) is 52.3 Å². The van der Waals surface area contributed by atoms with Crippen molar-refractivity contribution in [1.29, 1.82) is 0 Å². The first-order valence-electron chi connectivity index (χ1n) is 30.4. The molecule has 0 bridgehead atoms. The summed E-state index contributed by atoms with van der Waals surface area (Å²) in [4.78, 5) is 75.4. The molecule has 464 valence electrons. The zero-order valence-corrected chi connectivity index (χ0v) is 52.2. The van der Waals surface area contributed by atoms with Crippen LogP contribution in [0.2, 0.25) is 0 Å². The molecule has 2 aromatic rings. The number of aliphatic carboxylic acids is 1. The van der Waals surface area contributed by atoms with E-state index in [1.165, 1.54) is 57.8 Å². The van der Waals surface area contributed by atoms with Crippen LogP contribution in [-0.2, 0) is 56.5 Å². The number of fused-ring (bicyclic) bond motifs is 3. The van der Waals surface area contributed by atoms with Crippen LogP contribution in [0.25, 0.3) is 11.1 Å². The van der Waals surface area contributed by atoms with Gasteiger partial charge in [-0.1, -0.05) is 138 Å². The smallest absolute Gasteiger partial charge is 0.407 e. The Labute approximate surface area is 490 Å². The monoisotopic (exact) mass is 1170 g/mol. The maximum absolute atomic E-state index is 13.4. The van der Waals surface area contributed by atoms with Crippen molar-refractivity contribution in [2.45, 2.75) is 238 Å².